The lowest BCUT2D eigenvalue weighted by Crippen LogP contribution is -2.39. The predicted octanol–water partition coefficient (Wildman–Crippen LogP) is 3.50. The molecule has 0 unspecified atom stereocenters. The number of hydrogen-bond acceptors (Lipinski definition) is 7. The van der Waals surface area contributed by atoms with Gasteiger partial charge in [-0.25, -0.2) is 9.37 Å². The number of anilines is 1. The maximum atomic E-state index is 14.0. The number of hydrogen-bond donors (Lipinski definition) is 1. The summed E-state index contributed by atoms with van der Waals surface area (Å²) in [6.45, 7) is 0.967. The SMILES string of the molecule is O=C(CN1CCCC[C@@H]1c1nnc(-c2ccccc2F)o1)Nc1nccs1. The summed E-state index contributed by atoms with van der Waals surface area (Å²) < 4.78 is 19.7. The van der Waals surface area contributed by atoms with Crippen molar-refractivity contribution in [3.63, 3.8) is 0 Å². The average molecular weight is 387 g/mol. The van der Waals surface area contributed by atoms with Crippen LogP contribution < -0.4 is 5.32 Å². The maximum Gasteiger partial charge on any atom is 0.250 e. The van der Waals surface area contributed by atoms with Crippen molar-refractivity contribution in [3.05, 3.63) is 47.6 Å². The number of rotatable bonds is 5. The van der Waals surface area contributed by atoms with Crippen molar-refractivity contribution in [2.45, 2.75) is 25.3 Å². The molecule has 1 saturated heterocycles. The van der Waals surface area contributed by atoms with E-state index in [9.17, 15) is 9.18 Å². The van der Waals surface area contributed by atoms with E-state index in [2.05, 4.69) is 20.5 Å². The lowest BCUT2D eigenvalue weighted by Gasteiger charge is -2.32. The van der Waals surface area contributed by atoms with Crippen LogP contribution in [0.1, 0.15) is 31.2 Å². The fraction of sp³-hybridized carbons (Fsp3) is 0.333. The van der Waals surface area contributed by atoms with Gasteiger partial charge in [0.15, 0.2) is 5.13 Å². The largest absolute Gasteiger partial charge is 0.419 e. The molecule has 3 heterocycles. The van der Waals surface area contributed by atoms with Crippen LogP contribution >= 0.6 is 11.3 Å². The molecule has 0 bridgehead atoms. The lowest BCUT2D eigenvalue weighted by molar-refractivity contribution is -0.118. The minimum Gasteiger partial charge on any atom is -0.419 e. The van der Waals surface area contributed by atoms with Crippen LogP contribution in [0, 0.1) is 5.82 Å². The number of benzene rings is 1. The normalized spacial score (nSPS) is 17.7. The minimum absolute atomic E-state index is 0.134. The molecule has 1 aliphatic heterocycles. The van der Waals surface area contributed by atoms with Gasteiger partial charge in [0.05, 0.1) is 18.2 Å². The zero-order valence-electron chi connectivity index (χ0n) is 14.5. The van der Waals surface area contributed by atoms with E-state index in [1.807, 2.05) is 10.3 Å². The average Bonchev–Trinajstić information content (AvgIpc) is 3.34. The van der Waals surface area contributed by atoms with Gasteiger partial charge in [-0.05, 0) is 31.5 Å². The maximum absolute atomic E-state index is 14.0. The summed E-state index contributed by atoms with van der Waals surface area (Å²) in [4.78, 5) is 18.4. The summed E-state index contributed by atoms with van der Waals surface area (Å²) in [5, 5.41) is 13.3. The second-order valence-corrected chi connectivity index (χ2v) is 7.19. The third kappa shape index (κ3) is 4.04. The van der Waals surface area contributed by atoms with Crippen molar-refractivity contribution < 1.29 is 13.6 Å². The number of amides is 1. The number of aromatic nitrogens is 3. The summed E-state index contributed by atoms with van der Waals surface area (Å²) in [6.07, 6.45) is 4.46. The second-order valence-electron chi connectivity index (χ2n) is 6.29. The van der Waals surface area contributed by atoms with E-state index in [1.165, 1.54) is 17.4 Å². The van der Waals surface area contributed by atoms with Gasteiger partial charge in [-0.2, -0.15) is 0 Å². The molecule has 0 aliphatic carbocycles. The second kappa shape index (κ2) is 7.93. The van der Waals surface area contributed by atoms with E-state index in [4.69, 9.17) is 4.42 Å². The van der Waals surface area contributed by atoms with Gasteiger partial charge in [-0.1, -0.05) is 18.6 Å². The Morgan fingerprint density at radius 2 is 2.22 bits per heavy atom. The first-order chi connectivity index (χ1) is 13.2. The van der Waals surface area contributed by atoms with Gasteiger partial charge in [0, 0.05) is 11.6 Å². The van der Waals surface area contributed by atoms with Gasteiger partial charge >= 0.3 is 0 Å². The van der Waals surface area contributed by atoms with Crippen LogP contribution in [0.25, 0.3) is 11.5 Å². The molecule has 4 rings (SSSR count). The number of nitrogens with one attached hydrogen (secondary N) is 1. The van der Waals surface area contributed by atoms with E-state index < -0.39 is 5.82 Å². The first-order valence-electron chi connectivity index (χ1n) is 8.72. The van der Waals surface area contributed by atoms with Crippen LogP contribution in [-0.2, 0) is 4.79 Å². The topological polar surface area (TPSA) is 84.2 Å². The Balaban J connectivity index is 1.49. The van der Waals surface area contributed by atoms with Crippen molar-refractivity contribution in [1.29, 1.82) is 0 Å². The Morgan fingerprint density at radius 1 is 1.33 bits per heavy atom. The molecule has 2 aromatic heterocycles. The van der Waals surface area contributed by atoms with Gasteiger partial charge in [0.25, 0.3) is 5.89 Å². The number of halogens is 1. The molecule has 9 heteroatoms. The highest BCUT2D eigenvalue weighted by Crippen LogP contribution is 2.32. The Morgan fingerprint density at radius 3 is 3.04 bits per heavy atom. The van der Waals surface area contributed by atoms with E-state index in [0.29, 0.717) is 11.0 Å². The van der Waals surface area contributed by atoms with E-state index in [1.54, 1.807) is 24.4 Å². The fourth-order valence-corrected chi connectivity index (χ4v) is 3.75. The first kappa shape index (κ1) is 17.7. The highest BCUT2D eigenvalue weighted by molar-refractivity contribution is 7.13. The molecule has 27 heavy (non-hydrogen) atoms. The number of thiazole rings is 1. The van der Waals surface area contributed by atoms with E-state index >= 15 is 0 Å². The molecule has 1 aliphatic rings. The summed E-state index contributed by atoms with van der Waals surface area (Å²) in [5.74, 6) is 0.0255. The van der Waals surface area contributed by atoms with Crippen molar-refractivity contribution in [2.75, 3.05) is 18.4 Å². The highest BCUT2D eigenvalue weighted by atomic mass is 32.1. The van der Waals surface area contributed by atoms with Gasteiger partial charge in [0.1, 0.15) is 5.82 Å². The molecule has 3 aromatic rings. The Bertz CT molecular complexity index is 914. The number of carbonyl (C=O) groups is 1. The third-order valence-electron chi connectivity index (χ3n) is 4.47. The molecule has 1 N–H and O–H groups in total. The molecule has 0 saturated carbocycles. The van der Waals surface area contributed by atoms with Crippen LogP contribution in [-0.4, -0.2) is 39.1 Å². The quantitative estimate of drug-likeness (QED) is 0.721. The molecule has 0 spiro atoms. The monoisotopic (exact) mass is 387 g/mol. The zero-order chi connectivity index (χ0) is 18.6. The molecular formula is C18H18FN5O2S. The summed E-state index contributed by atoms with van der Waals surface area (Å²) in [6, 6.07) is 6.13. The molecule has 1 fully saturated rings. The summed E-state index contributed by atoms with van der Waals surface area (Å²) >= 11 is 1.37. The molecule has 140 valence electrons. The molecule has 1 amide bonds. The number of carbonyl (C=O) groups excluding carboxylic acids is 1. The van der Waals surface area contributed by atoms with Crippen molar-refractivity contribution in [1.82, 2.24) is 20.1 Å². The number of nitrogens with zero attached hydrogens (tertiary/aromatic N) is 4. The lowest BCUT2D eigenvalue weighted by atomic mass is 10.0. The van der Waals surface area contributed by atoms with Gasteiger partial charge in [0.2, 0.25) is 11.8 Å². The van der Waals surface area contributed by atoms with Gasteiger partial charge in [-0.3, -0.25) is 9.69 Å². The standard InChI is InChI=1S/C18H18FN5O2S/c19-13-6-2-1-5-12(13)16-22-23-17(26-16)14-7-3-4-9-24(14)11-15(25)21-18-20-8-10-27-18/h1-2,5-6,8,10,14H,3-4,7,9,11H2,(H,20,21,25)/t14-/m1/s1. The Labute approximate surface area is 159 Å². The van der Waals surface area contributed by atoms with Crippen LogP contribution in [0.2, 0.25) is 0 Å². The van der Waals surface area contributed by atoms with Crippen LogP contribution in [0.4, 0.5) is 9.52 Å². The van der Waals surface area contributed by atoms with Crippen molar-refractivity contribution in [2.24, 2.45) is 0 Å². The van der Waals surface area contributed by atoms with E-state index in [-0.39, 0.29) is 29.9 Å². The smallest absolute Gasteiger partial charge is 0.250 e. The zero-order valence-corrected chi connectivity index (χ0v) is 15.3. The molecule has 0 radical (unpaired) electrons. The summed E-state index contributed by atoms with van der Waals surface area (Å²) in [7, 11) is 0. The number of likely N-dealkylation sites (tertiary alicyclic amines) is 1. The number of piperidine rings is 1. The highest BCUT2D eigenvalue weighted by Gasteiger charge is 2.30. The van der Waals surface area contributed by atoms with E-state index in [0.717, 1.165) is 25.8 Å². The van der Waals surface area contributed by atoms with Gasteiger partial charge < -0.3 is 9.73 Å². The fourth-order valence-electron chi connectivity index (χ4n) is 3.20. The first-order valence-corrected chi connectivity index (χ1v) is 9.60. The van der Waals surface area contributed by atoms with Crippen LogP contribution in [0.5, 0.6) is 0 Å². The van der Waals surface area contributed by atoms with Crippen molar-refractivity contribution in [3.8, 4) is 11.5 Å². The molecular weight excluding hydrogens is 369 g/mol. The Kier molecular flexibility index (Phi) is 5.21. The van der Waals surface area contributed by atoms with Crippen molar-refractivity contribution >= 4 is 22.4 Å². The minimum atomic E-state index is -0.406. The van der Waals surface area contributed by atoms with Gasteiger partial charge in [-0.15, -0.1) is 21.5 Å². The molecule has 1 aromatic carbocycles. The predicted molar refractivity (Wildman–Crippen MR) is 98.6 cm³/mol. The molecule has 7 nitrogen and oxygen atoms in total. The summed E-state index contributed by atoms with van der Waals surface area (Å²) in [5.41, 5.74) is 0.278. The van der Waals surface area contributed by atoms with Crippen LogP contribution in [0.3, 0.4) is 0 Å². The molecule has 1 atom stereocenters. The third-order valence-corrected chi connectivity index (χ3v) is 5.16. The van der Waals surface area contributed by atoms with Crippen LogP contribution in [0.15, 0.2) is 40.3 Å². The Hall–Kier alpha value is -2.65.